The maximum atomic E-state index is 16.3. The van der Waals surface area contributed by atoms with E-state index >= 15 is 17.6 Å². The Bertz CT molecular complexity index is 1220. The Labute approximate surface area is 255 Å². The van der Waals surface area contributed by atoms with Crippen molar-refractivity contribution in [1.29, 1.82) is 0 Å². The first-order valence-corrected chi connectivity index (χ1v) is 16.2. The van der Waals surface area contributed by atoms with Gasteiger partial charge in [0.2, 0.25) is 0 Å². The minimum Gasteiger partial charge on any atom is -0.406 e. The molecule has 1 N–H and O–H groups in total. The number of methoxy groups -OCH3 is 1. The maximum Gasteiger partial charge on any atom is 0.460 e. The van der Waals surface area contributed by atoms with Gasteiger partial charge in [-0.25, -0.2) is 0 Å². The predicted molar refractivity (Wildman–Crippen MR) is 133 cm³/mol. The summed E-state index contributed by atoms with van der Waals surface area (Å²) in [6, 6.07) is 6.73. The van der Waals surface area contributed by atoms with Crippen LogP contribution in [0.3, 0.4) is 0 Å². The third-order valence-corrected chi connectivity index (χ3v) is 12.9. The fourth-order valence-corrected chi connectivity index (χ4v) is 5.90. The zero-order valence-corrected chi connectivity index (χ0v) is 25.9. The SMILES string of the molecule is CO[C@H]1O[C@@H]2COC(c3ccccc3)O[C@H]2[C@](O)(C(F)(F)C(F)(F)C(F)(F)C(F)(F)C(F)(F)C(F)(F)F)[C@H]1O[Si](C)(C)C(C)(C)C. The van der Waals surface area contributed by atoms with Gasteiger partial charge in [0.15, 0.2) is 26.5 Å². The second-order valence-corrected chi connectivity index (χ2v) is 17.2. The van der Waals surface area contributed by atoms with E-state index in [2.05, 4.69) is 0 Å². The third-order valence-electron chi connectivity index (χ3n) is 8.41. The van der Waals surface area contributed by atoms with Gasteiger partial charge < -0.3 is 28.5 Å². The lowest BCUT2D eigenvalue weighted by Gasteiger charge is -2.58. The summed E-state index contributed by atoms with van der Waals surface area (Å²) in [4.78, 5) is 0. The summed E-state index contributed by atoms with van der Waals surface area (Å²) in [7, 11) is -2.93. The molecule has 1 unspecified atom stereocenters. The molecule has 0 spiro atoms. The highest BCUT2D eigenvalue weighted by Crippen LogP contribution is 2.64. The Balaban J connectivity index is 2.32. The first-order chi connectivity index (χ1) is 20.5. The number of ether oxygens (including phenoxy) is 4. The van der Waals surface area contributed by atoms with Crippen LogP contribution in [0.4, 0.5) is 57.1 Å². The number of hydrogen-bond acceptors (Lipinski definition) is 6. The van der Waals surface area contributed by atoms with E-state index in [1.54, 1.807) is 0 Å². The molecule has 0 aliphatic carbocycles. The van der Waals surface area contributed by atoms with Gasteiger partial charge in [-0.3, -0.25) is 0 Å². The fraction of sp³-hybridized carbons (Fsp3) is 0.769. The van der Waals surface area contributed by atoms with E-state index in [0.29, 0.717) is 7.11 Å². The lowest BCUT2D eigenvalue weighted by atomic mass is 9.74. The second kappa shape index (κ2) is 11.7. The molecule has 1 aromatic rings. The van der Waals surface area contributed by atoms with Crippen LogP contribution < -0.4 is 0 Å². The van der Waals surface area contributed by atoms with Gasteiger partial charge in [-0.15, -0.1) is 0 Å². The Morgan fingerprint density at radius 3 is 1.74 bits per heavy atom. The summed E-state index contributed by atoms with van der Waals surface area (Å²) in [6.07, 6.45) is -19.9. The molecule has 0 bridgehead atoms. The van der Waals surface area contributed by atoms with E-state index in [4.69, 9.17) is 23.4 Å². The van der Waals surface area contributed by atoms with Crippen LogP contribution in [0.1, 0.15) is 32.6 Å². The van der Waals surface area contributed by atoms with E-state index in [1.165, 1.54) is 64.2 Å². The molecule has 6 nitrogen and oxygen atoms in total. The number of halogens is 13. The van der Waals surface area contributed by atoms with Crippen LogP contribution in [-0.4, -0.2) is 93.1 Å². The monoisotopic (exact) mass is 714 g/mol. The van der Waals surface area contributed by atoms with Gasteiger partial charge in [0.1, 0.15) is 18.3 Å². The molecule has 2 aliphatic rings. The average molecular weight is 715 g/mol. The van der Waals surface area contributed by atoms with E-state index in [1.807, 2.05) is 0 Å². The highest BCUT2D eigenvalue weighted by molar-refractivity contribution is 6.74. The maximum absolute atomic E-state index is 16.3. The van der Waals surface area contributed by atoms with Crippen molar-refractivity contribution in [2.24, 2.45) is 0 Å². The minimum atomic E-state index is -8.19. The molecule has 6 atom stereocenters. The first-order valence-electron chi connectivity index (χ1n) is 13.3. The van der Waals surface area contributed by atoms with Crippen molar-refractivity contribution in [3.63, 3.8) is 0 Å². The van der Waals surface area contributed by atoms with Crippen LogP contribution in [0, 0.1) is 0 Å². The molecule has 0 amide bonds. The van der Waals surface area contributed by atoms with Gasteiger partial charge in [-0.2, -0.15) is 57.1 Å². The summed E-state index contributed by atoms with van der Waals surface area (Å²) in [5, 5.41) is 10.7. The molecule has 2 heterocycles. The first kappa shape index (κ1) is 38.7. The normalized spacial score (nSPS) is 29.4. The van der Waals surface area contributed by atoms with Gasteiger partial charge in [-0.1, -0.05) is 51.1 Å². The molecule has 0 aromatic heterocycles. The molecule has 0 saturated carbocycles. The Morgan fingerprint density at radius 1 is 0.783 bits per heavy atom. The summed E-state index contributed by atoms with van der Waals surface area (Å²) in [5.74, 6) is -39.2. The average Bonchev–Trinajstić information content (AvgIpc) is 2.92. The molecule has 1 aromatic carbocycles. The van der Waals surface area contributed by atoms with Crippen LogP contribution in [0.15, 0.2) is 30.3 Å². The molecule has 266 valence electrons. The summed E-state index contributed by atoms with van der Waals surface area (Å²) in [6.45, 7) is 6.11. The van der Waals surface area contributed by atoms with E-state index in [0.717, 1.165) is 0 Å². The van der Waals surface area contributed by atoms with Crippen molar-refractivity contribution in [2.45, 2.75) is 111 Å². The van der Waals surface area contributed by atoms with Crippen LogP contribution >= 0.6 is 0 Å². The molecule has 2 fully saturated rings. The molecule has 2 aliphatic heterocycles. The number of benzene rings is 1. The van der Waals surface area contributed by atoms with Gasteiger partial charge in [0.05, 0.1) is 6.61 Å². The van der Waals surface area contributed by atoms with Gasteiger partial charge in [0, 0.05) is 12.7 Å². The van der Waals surface area contributed by atoms with E-state index in [9.17, 15) is 44.6 Å². The Morgan fingerprint density at radius 2 is 1.28 bits per heavy atom. The molecule has 2 saturated heterocycles. The summed E-state index contributed by atoms with van der Waals surface area (Å²) < 4.78 is 214. The van der Waals surface area contributed by atoms with Gasteiger partial charge >= 0.3 is 35.8 Å². The number of aliphatic hydroxyl groups is 1. The van der Waals surface area contributed by atoms with Crippen molar-refractivity contribution in [3.8, 4) is 0 Å². The molecule has 20 heteroatoms. The van der Waals surface area contributed by atoms with E-state index < -0.39 is 92.2 Å². The third kappa shape index (κ3) is 5.62. The number of fused-ring (bicyclic) bond motifs is 1. The quantitative estimate of drug-likeness (QED) is 0.214. The molecular weight excluding hydrogens is 683 g/mol. The number of hydrogen-bond donors (Lipinski definition) is 1. The highest BCUT2D eigenvalue weighted by Gasteiger charge is 2.94. The van der Waals surface area contributed by atoms with Gasteiger partial charge in [-0.05, 0) is 18.1 Å². The predicted octanol–water partition coefficient (Wildman–Crippen LogP) is 7.33. The number of alkyl halides is 13. The van der Waals surface area contributed by atoms with E-state index in [-0.39, 0.29) is 5.56 Å². The molecule has 0 radical (unpaired) electrons. The van der Waals surface area contributed by atoms with Crippen LogP contribution in [0.5, 0.6) is 0 Å². The number of rotatable bonds is 9. The molecule has 46 heavy (non-hydrogen) atoms. The van der Waals surface area contributed by atoms with Gasteiger partial charge in [0.25, 0.3) is 0 Å². The van der Waals surface area contributed by atoms with Crippen molar-refractivity contribution in [3.05, 3.63) is 35.9 Å². The fourth-order valence-electron chi connectivity index (χ4n) is 4.62. The zero-order chi connectivity index (χ0) is 35.7. The largest absolute Gasteiger partial charge is 0.460 e. The van der Waals surface area contributed by atoms with Crippen molar-refractivity contribution in [1.82, 2.24) is 0 Å². The second-order valence-electron chi connectivity index (χ2n) is 12.4. The molecular formula is C26H31F13O6Si. The standard InChI is InChI=1S/C26H31F13O6Si/c1-19(2,3)46(5,6)45-16-18(41-4)43-14-12-42-17(13-10-8-7-9-11-13)44-15(14)20(16,40)21(27,28)22(29,30)23(31,32)24(33,34)25(35,36)26(37,38)39/h7-11,14-18,40H,12H2,1-6H3/t14-,15-,16+,17?,18+,20-/m1/s1. The summed E-state index contributed by atoms with van der Waals surface area (Å²) >= 11 is 0. The van der Waals surface area contributed by atoms with Crippen LogP contribution in [0.25, 0.3) is 0 Å². The lowest BCUT2D eigenvalue weighted by molar-refractivity contribution is -0.473. The lowest BCUT2D eigenvalue weighted by Crippen LogP contribution is -2.83. The highest BCUT2D eigenvalue weighted by atomic mass is 28.4. The van der Waals surface area contributed by atoms with Crippen LogP contribution in [-0.2, 0) is 23.4 Å². The minimum absolute atomic E-state index is 0.0178. The van der Waals surface area contributed by atoms with Crippen molar-refractivity contribution < 1.29 is 85.6 Å². The topological polar surface area (TPSA) is 66.4 Å². The zero-order valence-electron chi connectivity index (χ0n) is 24.9. The Kier molecular flexibility index (Phi) is 9.86. The van der Waals surface area contributed by atoms with Crippen LogP contribution in [0.2, 0.25) is 18.1 Å². The molecule has 3 rings (SSSR count). The smallest absolute Gasteiger partial charge is 0.406 e. The van der Waals surface area contributed by atoms with Crippen molar-refractivity contribution >= 4 is 8.32 Å². The summed E-state index contributed by atoms with van der Waals surface area (Å²) in [5.41, 5.74) is -4.98. The Hall–Kier alpha value is -1.71. The van der Waals surface area contributed by atoms with Crippen molar-refractivity contribution in [2.75, 3.05) is 13.7 Å².